The van der Waals surface area contributed by atoms with Crippen LogP contribution < -0.4 is 0 Å². The molecule has 0 saturated heterocycles. The van der Waals surface area contributed by atoms with E-state index in [9.17, 15) is 0 Å². The zero-order chi connectivity index (χ0) is 17.1. The molecule has 21 heavy (non-hydrogen) atoms. The van der Waals surface area contributed by atoms with Gasteiger partial charge in [-0.25, -0.2) is 0 Å². The van der Waals surface area contributed by atoms with Gasteiger partial charge in [0.25, 0.3) is 0 Å². The first-order valence-corrected chi connectivity index (χ1v) is 19.2. The molecule has 0 aliphatic carbocycles. The van der Waals surface area contributed by atoms with Gasteiger partial charge in [0.1, 0.15) is 0 Å². The Morgan fingerprint density at radius 3 is 1.52 bits per heavy atom. The maximum Gasteiger partial charge on any atom is 0.480 e. The molecule has 0 amide bonds. The highest BCUT2D eigenvalue weighted by Gasteiger charge is 2.41. The fourth-order valence-electron chi connectivity index (χ4n) is 2.36. The summed E-state index contributed by atoms with van der Waals surface area (Å²) in [6.45, 7) is 18.7. The summed E-state index contributed by atoms with van der Waals surface area (Å²) >= 11 is 0. The Bertz CT molecular complexity index is 366. The van der Waals surface area contributed by atoms with E-state index in [1.165, 1.54) is 5.98 Å². The Labute approximate surface area is 134 Å². The molecule has 10 heteroatoms. The fourth-order valence-corrected chi connectivity index (χ4v) is 20.0. The Morgan fingerprint density at radius 2 is 1.14 bits per heavy atom. The third-order valence-electron chi connectivity index (χ3n) is 2.22. The summed E-state index contributed by atoms with van der Waals surface area (Å²) in [5.74, 6) is 1.36. The van der Waals surface area contributed by atoms with E-state index >= 15 is 0 Å². The molecule has 124 valence electrons. The van der Waals surface area contributed by atoms with E-state index in [1.54, 1.807) is 5.70 Å². The van der Waals surface area contributed by atoms with E-state index in [0.717, 1.165) is 0 Å². The molecule has 0 fully saturated rings. The molecular formula is C11H31BO5Si4. The third-order valence-corrected chi connectivity index (χ3v) is 15.6. The Kier molecular flexibility index (Phi) is 7.53. The van der Waals surface area contributed by atoms with Crippen molar-refractivity contribution < 1.29 is 22.4 Å². The molecule has 2 N–H and O–H groups in total. The Hall–Kier alpha value is 0.472. The van der Waals surface area contributed by atoms with E-state index in [0.29, 0.717) is 0 Å². The van der Waals surface area contributed by atoms with Gasteiger partial charge in [-0.1, -0.05) is 11.7 Å². The molecule has 0 aromatic rings. The second-order valence-electron chi connectivity index (χ2n) is 7.59. The zero-order valence-corrected chi connectivity index (χ0v) is 18.9. The second kappa shape index (κ2) is 7.36. The standard InChI is InChI=1S/C11H31BO5Si4/c1-18(2,3)15-20(6,7)17-21(8,9)16-19(4,5)11-10-12(13)14/h10-11,13-14H,1-9H3. The summed E-state index contributed by atoms with van der Waals surface area (Å²) in [5, 5.41) is 17.9. The van der Waals surface area contributed by atoms with E-state index in [4.69, 9.17) is 22.4 Å². The lowest BCUT2D eigenvalue weighted by Gasteiger charge is -2.39. The van der Waals surface area contributed by atoms with Crippen LogP contribution in [-0.2, 0) is 12.3 Å². The van der Waals surface area contributed by atoms with Crippen LogP contribution in [0.1, 0.15) is 0 Å². The average molecular weight is 367 g/mol. The fraction of sp³-hybridized carbons (Fsp3) is 0.818. The predicted octanol–water partition coefficient (Wildman–Crippen LogP) is 2.59. The van der Waals surface area contributed by atoms with Crippen molar-refractivity contribution in [1.29, 1.82) is 0 Å². The predicted molar refractivity (Wildman–Crippen MR) is 98.4 cm³/mol. The molecule has 0 aromatic carbocycles. The van der Waals surface area contributed by atoms with Gasteiger partial charge in [0.05, 0.1) is 0 Å². The van der Waals surface area contributed by atoms with Gasteiger partial charge in [0.15, 0.2) is 16.6 Å². The highest BCUT2D eigenvalue weighted by Crippen LogP contribution is 2.24. The van der Waals surface area contributed by atoms with Crippen LogP contribution >= 0.6 is 0 Å². The number of hydrogen-bond donors (Lipinski definition) is 2. The molecule has 0 saturated carbocycles. The lowest BCUT2D eigenvalue weighted by atomic mass is 9.94. The summed E-state index contributed by atoms with van der Waals surface area (Å²) in [6, 6.07) is 0. The van der Waals surface area contributed by atoms with E-state index in [1.807, 2.05) is 26.2 Å². The second-order valence-corrected chi connectivity index (χ2v) is 23.4. The molecule has 0 heterocycles. The monoisotopic (exact) mass is 366 g/mol. The highest BCUT2D eigenvalue weighted by molar-refractivity contribution is 6.90. The van der Waals surface area contributed by atoms with Gasteiger partial charge < -0.3 is 22.4 Å². The van der Waals surface area contributed by atoms with Crippen molar-refractivity contribution >= 4 is 40.9 Å². The molecule has 0 atom stereocenters. The maximum atomic E-state index is 8.94. The third kappa shape index (κ3) is 11.7. The average Bonchev–Trinajstić information content (AvgIpc) is 2.05. The van der Waals surface area contributed by atoms with Crippen LogP contribution in [0.25, 0.3) is 0 Å². The normalized spacial score (nSPS) is 14.8. The topological polar surface area (TPSA) is 68.2 Å². The van der Waals surface area contributed by atoms with E-state index in [-0.39, 0.29) is 0 Å². The minimum atomic E-state index is -2.34. The van der Waals surface area contributed by atoms with Gasteiger partial charge in [0, 0.05) is 0 Å². The van der Waals surface area contributed by atoms with Crippen molar-refractivity contribution in [2.45, 2.75) is 58.9 Å². The lowest BCUT2D eigenvalue weighted by Crippen LogP contribution is -2.55. The molecule has 5 nitrogen and oxygen atoms in total. The van der Waals surface area contributed by atoms with Crippen LogP contribution in [0.2, 0.25) is 58.9 Å². The molecule has 0 aromatic heterocycles. The maximum absolute atomic E-state index is 8.94. The molecule has 0 aliphatic rings. The molecule has 0 unspecified atom stereocenters. The largest absolute Gasteiger partial charge is 0.480 e. The minimum absolute atomic E-state index is 1.36. The highest BCUT2D eigenvalue weighted by atomic mass is 28.5. The quantitative estimate of drug-likeness (QED) is 0.646. The smallest absolute Gasteiger partial charge is 0.437 e. The molecule has 0 bridgehead atoms. The molecule has 0 radical (unpaired) electrons. The molecule has 0 spiro atoms. The van der Waals surface area contributed by atoms with Crippen LogP contribution in [0.5, 0.6) is 0 Å². The Morgan fingerprint density at radius 1 is 0.714 bits per heavy atom. The van der Waals surface area contributed by atoms with Crippen molar-refractivity contribution in [2.24, 2.45) is 0 Å². The van der Waals surface area contributed by atoms with Gasteiger partial charge in [-0.15, -0.1) is 0 Å². The van der Waals surface area contributed by atoms with Crippen LogP contribution in [0.15, 0.2) is 11.7 Å². The van der Waals surface area contributed by atoms with Gasteiger partial charge in [-0.3, -0.25) is 0 Å². The van der Waals surface area contributed by atoms with E-state index < -0.39 is 40.9 Å². The lowest BCUT2D eigenvalue weighted by molar-refractivity contribution is 0.332. The summed E-state index contributed by atoms with van der Waals surface area (Å²) in [5.41, 5.74) is 1.78. The van der Waals surface area contributed by atoms with Crippen LogP contribution in [0.3, 0.4) is 0 Å². The zero-order valence-electron chi connectivity index (χ0n) is 14.9. The summed E-state index contributed by atoms with van der Waals surface area (Å²) in [4.78, 5) is 0. The van der Waals surface area contributed by atoms with Gasteiger partial charge in [0.2, 0.25) is 0 Å². The minimum Gasteiger partial charge on any atom is -0.437 e. The van der Waals surface area contributed by atoms with Crippen molar-refractivity contribution in [3.05, 3.63) is 11.7 Å². The van der Waals surface area contributed by atoms with Crippen LogP contribution in [-0.4, -0.2) is 50.9 Å². The van der Waals surface area contributed by atoms with E-state index in [2.05, 4.69) is 32.7 Å². The van der Waals surface area contributed by atoms with Gasteiger partial charge >= 0.3 is 24.2 Å². The van der Waals surface area contributed by atoms with Crippen molar-refractivity contribution in [2.75, 3.05) is 0 Å². The van der Waals surface area contributed by atoms with Gasteiger partial charge in [-0.2, -0.15) is 0 Å². The molecule has 0 aliphatic heterocycles. The van der Waals surface area contributed by atoms with Crippen LogP contribution in [0, 0.1) is 0 Å². The molecular weight excluding hydrogens is 335 g/mol. The number of rotatable bonds is 8. The van der Waals surface area contributed by atoms with Crippen LogP contribution in [0.4, 0.5) is 0 Å². The van der Waals surface area contributed by atoms with Crippen molar-refractivity contribution in [3.8, 4) is 0 Å². The first kappa shape index (κ1) is 21.5. The number of hydrogen-bond acceptors (Lipinski definition) is 5. The Balaban J connectivity index is 4.83. The van der Waals surface area contributed by atoms with Gasteiger partial charge in [-0.05, 0) is 58.9 Å². The first-order chi connectivity index (χ1) is 9.04. The summed E-state index contributed by atoms with van der Waals surface area (Å²) in [7, 11) is -9.79. The SMILES string of the molecule is C[Si](C)(C)O[Si](C)(C)O[Si](C)(C)O[Si](C)(C)C=CB(O)O. The summed E-state index contributed by atoms with van der Waals surface area (Å²) in [6.07, 6.45) is 0. The summed E-state index contributed by atoms with van der Waals surface area (Å²) < 4.78 is 18.7. The molecule has 0 rings (SSSR count). The van der Waals surface area contributed by atoms with Crippen molar-refractivity contribution in [3.63, 3.8) is 0 Å². The first-order valence-electron chi connectivity index (χ1n) is 7.20. The van der Waals surface area contributed by atoms with Crippen molar-refractivity contribution in [1.82, 2.24) is 0 Å².